The van der Waals surface area contributed by atoms with Crippen LogP contribution in [0.5, 0.6) is 5.75 Å². The van der Waals surface area contributed by atoms with Crippen LogP contribution < -0.4 is 26.2 Å². The quantitative estimate of drug-likeness (QED) is 0.238. The lowest BCUT2D eigenvalue weighted by atomic mass is 10.2. The van der Waals surface area contributed by atoms with Crippen molar-refractivity contribution in [2.75, 3.05) is 11.9 Å². The number of anilines is 1. The number of rotatable bonds is 10. The van der Waals surface area contributed by atoms with Crippen LogP contribution in [0.2, 0.25) is 0 Å². The fraction of sp³-hybridized carbons (Fsp3) is 0.333. The summed E-state index contributed by atoms with van der Waals surface area (Å²) in [6.07, 6.45) is 4.10. The number of unbranched alkanes of at least 4 members (excludes halogenated alkanes) is 2. The summed E-state index contributed by atoms with van der Waals surface area (Å²) in [7, 11) is 0. The van der Waals surface area contributed by atoms with Gasteiger partial charge in [0, 0.05) is 17.7 Å². The lowest BCUT2D eigenvalue weighted by Gasteiger charge is -2.13. The van der Waals surface area contributed by atoms with Gasteiger partial charge in [0.25, 0.3) is 11.8 Å². The van der Waals surface area contributed by atoms with Crippen molar-refractivity contribution in [1.82, 2.24) is 16.2 Å². The van der Waals surface area contributed by atoms with Crippen LogP contribution in [0.15, 0.2) is 48.5 Å². The van der Waals surface area contributed by atoms with Crippen LogP contribution in [-0.2, 0) is 4.79 Å². The number of amides is 3. The van der Waals surface area contributed by atoms with Crippen LogP contribution in [0.3, 0.4) is 0 Å². The Hall–Kier alpha value is -3.46. The van der Waals surface area contributed by atoms with Gasteiger partial charge in [-0.3, -0.25) is 30.6 Å². The van der Waals surface area contributed by atoms with Gasteiger partial charge in [0.05, 0.1) is 12.2 Å². The normalized spacial score (nSPS) is 10.1. The second-order valence-corrected chi connectivity index (χ2v) is 7.70. The molecule has 0 spiro atoms. The van der Waals surface area contributed by atoms with E-state index in [1.165, 1.54) is 0 Å². The summed E-state index contributed by atoms with van der Waals surface area (Å²) in [5.74, 6) is -0.484. The van der Waals surface area contributed by atoms with Crippen molar-refractivity contribution in [3.8, 4) is 5.75 Å². The van der Waals surface area contributed by atoms with Gasteiger partial charge in [-0.15, -0.1) is 0 Å². The van der Waals surface area contributed by atoms with Crippen molar-refractivity contribution in [2.24, 2.45) is 0 Å². The zero-order chi connectivity index (χ0) is 24.1. The minimum Gasteiger partial charge on any atom is -0.493 e. The standard InChI is InChI=1S/C24H30N4O4S/c1-3-5-11-21(29)25-18-14-12-17(13-15-18)22(30)27-28-24(33)26-23(31)19-9-7-8-10-20(19)32-16-6-4-2/h7-10,12-15H,3-6,11,16H2,1-2H3,(H,25,29)(H,27,30)(H2,26,28,31,33). The van der Waals surface area contributed by atoms with E-state index in [0.717, 1.165) is 25.7 Å². The molecule has 0 saturated carbocycles. The maximum atomic E-state index is 12.5. The highest BCUT2D eigenvalue weighted by molar-refractivity contribution is 7.80. The molecule has 0 saturated heterocycles. The Kier molecular flexibility index (Phi) is 10.8. The van der Waals surface area contributed by atoms with E-state index in [1.54, 1.807) is 48.5 Å². The molecular weight excluding hydrogens is 440 g/mol. The number of ether oxygens (including phenoxy) is 1. The third-order valence-corrected chi connectivity index (χ3v) is 4.80. The van der Waals surface area contributed by atoms with Crippen molar-refractivity contribution in [3.63, 3.8) is 0 Å². The largest absolute Gasteiger partial charge is 0.493 e. The van der Waals surface area contributed by atoms with Gasteiger partial charge in [0.15, 0.2) is 5.11 Å². The molecule has 0 fully saturated rings. The molecule has 4 N–H and O–H groups in total. The number of hydrogen-bond donors (Lipinski definition) is 4. The summed E-state index contributed by atoms with van der Waals surface area (Å²) in [6, 6.07) is 13.3. The lowest BCUT2D eigenvalue weighted by Crippen LogP contribution is -2.48. The Morgan fingerprint density at radius 1 is 0.879 bits per heavy atom. The summed E-state index contributed by atoms with van der Waals surface area (Å²) in [5.41, 5.74) is 6.27. The first-order valence-electron chi connectivity index (χ1n) is 11.0. The number of nitrogens with one attached hydrogen (secondary N) is 4. The number of thiocarbonyl (C=S) groups is 1. The SMILES string of the molecule is CCCCOc1ccccc1C(=O)NC(=S)NNC(=O)c1ccc(NC(=O)CCCC)cc1. The van der Waals surface area contributed by atoms with Crippen LogP contribution in [-0.4, -0.2) is 29.4 Å². The lowest BCUT2D eigenvalue weighted by molar-refractivity contribution is -0.116. The first-order valence-corrected chi connectivity index (χ1v) is 11.4. The number of carbonyl (C=O) groups is 3. The molecule has 0 unspecified atom stereocenters. The number of benzene rings is 2. The van der Waals surface area contributed by atoms with Gasteiger partial charge < -0.3 is 10.1 Å². The molecule has 8 nitrogen and oxygen atoms in total. The van der Waals surface area contributed by atoms with Gasteiger partial charge in [-0.05, 0) is 61.5 Å². The number of hydrogen-bond acceptors (Lipinski definition) is 5. The Bertz CT molecular complexity index is 963. The van der Waals surface area contributed by atoms with Crippen molar-refractivity contribution in [3.05, 3.63) is 59.7 Å². The first kappa shape index (κ1) is 25.8. The summed E-state index contributed by atoms with van der Waals surface area (Å²) < 4.78 is 5.67. The number of hydrazine groups is 1. The van der Waals surface area contributed by atoms with E-state index in [4.69, 9.17) is 17.0 Å². The molecule has 0 aliphatic rings. The molecule has 0 atom stereocenters. The molecule has 0 aliphatic carbocycles. The minimum absolute atomic E-state index is 0.0588. The minimum atomic E-state index is -0.447. The van der Waals surface area contributed by atoms with Gasteiger partial charge in [-0.1, -0.05) is 38.8 Å². The van der Waals surface area contributed by atoms with E-state index in [9.17, 15) is 14.4 Å². The van der Waals surface area contributed by atoms with E-state index in [1.807, 2.05) is 6.92 Å². The second-order valence-electron chi connectivity index (χ2n) is 7.29. The van der Waals surface area contributed by atoms with Crippen LogP contribution >= 0.6 is 12.2 Å². The molecule has 0 aliphatic heterocycles. The first-order chi connectivity index (χ1) is 15.9. The van der Waals surface area contributed by atoms with Crippen molar-refractivity contribution in [1.29, 1.82) is 0 Å². The molecule has 0 aromatic heterocycles. The van der Waals surface area contributed by atoms with Gasteiger partial charge >= 0.3 is 0 Å². The molecule has 2 aromatic rings. The van der Waals surface area contributed by atoms with Gasteiger partial charge in [0.2, 0.25) is 5.91 Å². The summed E-state index contributed by atoms with van der Waals surface area (Å²) in [5, 5.41) is 5.25. The molecule has 0 radical (unpaired) electrons. The maximum Gasteiger partial charge on any atom is 0.269 e. The molecule has 33 heavy (non-hydrogen) atoms. The van der Waals surface area contributed by atoms with Crippen molar-refractivity contribution >= 4 is 40.7 Å². The zero-order valence-electron chi connectivity index (χ0n) is 18.9. The van der Waals surface area contributed by atoms with Crippen LogP contribution in [0.25, 0.3) is 0 Å². The average Bonchev–Trinajstić information content (AvgIpc) is 2.82. The predicted molar refractivity (Wildman–Crippen MR) is 132 cm³/mol. The highest BCUT2D eigenvalue weighted by atomic mass is 32.1. The predicted octanol–water partition coefficient (Wildman–Crippen LogP) is 3.94. The van der Waals surface area contributed by atoms with Gasteiger partial charge in [-0.2, -0.15) is 0 Å². The Labute approximate surface area is 199 Å². The molecule has 0 bridgehead atoms. The molecule has 176 valence electrons. The molecule has 2 rings (SSSR count). The Balaban J connectivity index is 1.84. The average molecular weight is 471 g/mol. The monoisotopic (exact) mass is 470 g/mol. The van der Waals surface area contributed by atoms with Gasteiger partial charge in [-0.25, -0.2) is 0 Å². The van der Waals surface area contributed by atoms with Crippen molar-refractivity contribution in [2.45, 2.75) is 46.0 Å². The molecule has 3 amide bonds. The Morgan fingerprint density at radius 2 is 1.58 bits per heavy atom. The molecule has 0 heterocycles. The molecular formula is C24H30N4O4S. The van der Waals surface area contributed by atoms with E-state index >= 15 is 0 Å². The summed E-state index contributed by atoms with van der Waals surface area (Å²) in [4.78, 5) is 36.7. The van der Waals surface area contributed by atoms with Crippen LogP contribution in [0.1, 0.15) is 66.7 Å². The van der Waals surface area contributed by atoms with Crippen molar-refractivity contribution < 1.29 is 19.1 Å². The third kappa shape index (κ3) is 8.89. The highest BCUT2D eigenvalue weighted by Gasteiger charge is 2.14. The Morgan fingerprint density at radius 3 is 2.27 bits per heavy atom. The topological polar surface area (TPSA) is 109 Å². The second kappa shape index (κ2) is 13.8. The fourth-order valence-electron chi connectivity index (χ4n) is 2.76. The summed E-state index contributed by atoms with van der Waals surface area (Å²) >= 11 is 5.11. The van der Waals surface area contributed by atoms with E-state index in [0.29, 0.717) is 35.6 Å². The molecule has 2 aromatic carbocycles. The van der Waals surface area contributed by atoms with Gasteiger partial charge in [0.1, 0.15) is 5.75 Å². The smallest absolute Gasteiger partial charge is 0.269 e. The van der Waals surface area contributed by atoms with Crippen LogP contribution in [0.4, 0.5) is 5.69 Å². The highest BCUT2D eigenvalue weighted by Crippen LogP contribution is 2.18. The number of carbonyl (C=O) groups excluding carboxylic acids is 3. The number of para-hydroxylation sites is 1. The summed E-state index contributed by atoms with van der Waals surface area (Å²) in [6.45, 7) is 4.59. The van der Waals surface area contributed by atoms with E-state index < -0.39 is 11.8 Å². The van der Waals surface area contributed by atoms with E-state index in [-0.39, 0.29) is 11.0 Å². The van der Waals surface area contributed by atoms with E-state index in [2.05, 4.69) is 28.4 Å². The van der Waals surface area contributed by atoms with Crippen LogP contribution in [0, 0.1) is 0 Å². The third-order valence-electron chi connectivity index (χ3n) is 4.59. The zero-order valence-corrected chi connectivity index (χ0v) is 19.7. The fourth-order valence-corrected chi connectivity index (χ4v) is 2.90. The maximum absolute atomic E-state index is 12.5. The molecule has 9 heteroatoms.